The molecule has 0 saturated carbocycles. The minimum Gasteiger partial charge on any atom is -0.493 e. The number of hydrogen-bond acceptors (Lipinski definition) is 7. The maximum Gasteiger partial charge on any atom is 0.248 e. The third kappa shape index (κ3) is 4.07. The first-order valence-corrected chi connectivity index (χ1v) is 9.19. The Balaban J connectivity index is 1.78. The molecule has 2 atom stereocenters. The Morgan fingerprint density at radius 1 is 1.10 bits per heavy atom. The molecule has 2 aliphatic heterocycles. The topological polar surface area (TPSA) is 121 Å². The second kappa shape index (κ2) is 8.56. The van der Waals surface area contributed by atoms with Crippen LogP contribution in [0.1, 0.15) is 6.42 Å². The number of methoxy groups -OCH3 is 3. The van der Waals surface area contributed by atoms with Crippen LogP contribution in [0.15, 0.2) is 12.1 Å². The second-order valence-electron chi connectivity index (χ2n) is 6.83. The molecule has 10 nitrogen and oxygen atoms in total. The Labute approximate surface area is 168 Å². The molecule has 2 unspecified atom stereocenters. The molecule has 3 amide bonds. The molecular weight excluding hydrogens is 382 g/mol. The third-order valence-corrected chi connectivity index (χ3v) is 5.13. The summed E-state index contributed by atoms with van der Waals surface area (Å²) in [6.07, 6.45) is -0.746. The van der Waals surface area contributed by atoms with Crippen molar-refractivity contribution < 1.29 is 33.3 Å². The number of anilines is 1. The van der Waals surface area contributed by atoms with Gasteiger partial charge in [-0.2, -0.15) is 0 Å². The molecule has 2 heterocycles. The van der Waals surface area contributed by atoms with Crippen LogP contribution in [0, 0.1) is 5.92 Å². The Morgan fingerprint density at radius 2 is 1.76 bits per heavy atom. The van der Waals surface area contributed by atoms with Crippen molar-refractivity contribution in [1.29, 1.82) is 0 Å². The van der Waals surface area contributed by atoms with Crippen LogP contribution >= 0.6 is 0 Å². The minimum absolute atomic E-state index is 0.0775. The van der Waals surface area contributed by atoms with Crippen molar-refractivity contribution in [3.05, 3.63) is 12.1 Å². The monoisotopic (exact) mass is 407 g/mol. The fraction of sp³-hybridized carbons (Fsp3) is 0.526. The first-order chi connectivity index (χ1) is 13.9. The molecule has 2 fully saturated rings. The number of nitrogens with zero attached hydrogens (tertiary/aromatic N) is 2. The van der Waals surface area contributed by atoms with Gasteiger partial charge in [-0.1, -0.05) is 0 Å². The molecule has 1 aromatic carbocycles. The second-order valence-corrected chi connectivity index (χ2v) is 6.83. The number of rotatable bonds is 6. The summed E-state index contributed by atoms with van der Waals surface area (Å²) in [6.45, 7) is 0.909. The first-order valence-electron chi connectivity index (χ1n) is 9.19. The van der Waals surface area contributed by atoms with E-state index in [0.717, 1.165) is 0 Å². The zero-order valence-corrected chi connectivity index (χ0v) is 16.7. The molecule has 0 bridgehead atoms. The van der Waals surface area contributed by atoms with Gasteiger partial charge in [-0.15, -0.1) is 0 Å². The van der Waals surface area contributed by atoms with Gasteiger partial charge in [-0.05, 0) is 0 Å². The summed E-state index contributed by atoms with van der Waals surface area (Å²) in [5.74, 6) is -0.245. The number of primary amides is 1. The smallest absolute Gasteiger partial charge is 0.248 e. The van der Waals surface area contributed by atoms with Crippen LogP contribution in [0.5, 0.6) is 17.2 Å². The number of nitrogens with two attached hydrogens (primary N) is 1. The number of morpholine rings is 1. The summed E-state index contributed by atoms with van der Waals surface area (Å²) in [5, 5.41) is 0. The Hall–Kier alpha value is -3.01. The number of ether oxygens (including phenoxy) is 4. The Kier molecular flexibility index (Phi) is 6.12. The highest BCUT2D eigenvalue weighted by atomic mass is 16.5. The van der Waals surface area contributed by atoms with Gasteiger partial charge in [0.25, 0.3) is 0 Å². The predicted octanol–water partition coefficient (Wildman–Crippen LogP) is -0.222. The average molecular weight is 407 g/mol. The third-order valence-electron chi connectivity index (χ3n) is 5.13. The molecule has 1 aromatic rings. The van der Waals surface area contributed by atoms with E-state index in [1.54, 1.807) is 12.1 Å². The van der Waals surface area contributed by atoms with Crippen molar-refractivity contribution in [2.45, 2.75) is 12.5 Å². The molecule has 0 spiro atoms. The summed E-state index contributed by atoms with van der Waals surface area (Å²) in [7, 11) is 4.48. The molecule has 2 saturated heterocycles. The first kappa shape index (κ1) is 20.7. The van der Waals surface area contributed by atoms with Crippen molar-refractivity contribution >= 4 is 23.4 Å². The van der Waals surface area contributed by atoms with Crippen LogP contribution in [0.2, 0.25) is 0 Å². The normalized spacial score (nSPS) is 21.8. The van der Waals surface area contributed by atoms with E-state index in [1.807, 2.05) is 0 Å². The van der Waals surface area contributed by atoms with E-state index < -0.39 is 17.9 Å². The van der Waals surface area contributed by atoms with E-state index in [9.17, 15) is 14.4 Å². The van der Waals surface area contributed by atoms with Gasteiger partial charge < -0.3 is 34.5 Å². The minimum atomic E-state index is -0.823. The lowest BCUT2D eigenvalue weighted by atomic mass is 10.1. The maximum atomic E-state index is 12.9. The van der Waals surface area contributed by atoms with E-state index in [2.05, 4.69) is 0 Å². The molecule has 0 radical (unpaired) electrons. The lowest BCUT2D eigenvalue weighted by Crippen LogP contribution is -2.52. The van der Waals surface area contributed by atoms with Crippen molar-refractivity contribution in [1.82, 2.24) is 4.90 Å². The van der Waals surface area contributed by atoms with Crippen molar-refractivity contribution in [2.24, 2.45) is 11.7 Å². The zero-order chi connectivity index (χ0) is 21.1. The molecular formula is C19H25N3O7. The summed E-state index contributed by atoms with van der Waals surface area (Å²) in [5.41, 5.74) is 5.84. The highest BCUT2D eigenvalue weighted by Crippen LogP contribution is 2.42. The van der Waals surface area contributed by atoms with Gasteiger partial charge in [0.2, 0.25) is 23.5 Å². The molecule has 0 aromatic heterocycles. The van der Waals surface area contributed by atoms with E-state index in [-0.39, 0.29) is 37.9 Å². The van der Waals surface area contributed by atoms with E-state index in [4.69, 9.17) is 24.7 Å². The van der Waals surface area contributed by atoms with Crippen LogP contribution in [0.25, 0.3) is 0 Å². The van der Waals surface area contributed by atoms with Crippen molar-refractivity contribution in [3.63, 3.8) is 0 Å². The molecule has 158 valence electrons. The summed E-state index contributed by atoms with van der Waals surface area (Å²) < 4.78 is 21.3. The number of hydrogen-bond donors (Lipinski definition) is 1. The van der Waals surface area contributed by atoms with Gasteiger partial charge in [0.1, 0.15) is 0 Å². The highest BCUT2D eigenvalue weighted by Gasteiger charge is 2.39. The fourth-order valence-electron chi connectivity index (χ4n) is 3.63. The van der Waals surface area contributed by atoms with Crippen molar-refractivity contribution in [2.75, 3.05) is 52.5 Å². The fourth-order valence-corrected chi connectivity index (χ4v) is 3.63. The van der Waals surface area contributed by atoms with Gasteiger partial charge in [-0.3, -0.25) is 14.4 Å². The SMILES string of the molecule is COc1cc(N2CC(C(=O)N3CCOC(C(N)=O)C3)CC2=O)cc(OC)c1OC. The van der Waals surface area contributed by atoms with Crippen LogP contribution in [0.3, 0.4) is 0 Å². The number of amides is 3. The van der Waals surface area contributed by atoms with Crippen molar-refractivity contribution in [3.8, 4) is 17.2 Å². The summed E-state index contributed by atoms with van der Waals surface area (Å²) in [6, 6.07) is 3.34. The van der Waals surface area contributed by atoms with Crippen LogP contribution in [-0.2, 0) is 19.1 Å². The number of benzene rings is 1. The van der Waals surface area contributed by atoms with E-state index in [1.165, 1.54) is 31.1 Å². The lowest BCUT2D eigenvalue weighted by molar-refractivity contribution is -0.148. The van der Waals surface area contributed by atoms with Gasteiger partial charge in [0.05, 0.1) is 46.1 Å². The van der Waals surface area contributed by atoms with E-state index in [0.29, 0.717) is 29.5 Å². The van der Waals surface area contributed by atoms with Gasteiger partial charge in [-0.25, -0.2) is 0 Å². The van der Waals surface area contributed by atoms with Crippen LogP contribution in [-0.4, -0.2) is 76.3 Å². The predicted molar refractivity (Wildman–Crippen MR) is 102 cm³/mol. The van der Waals surface area contributed by atoms with Gasteiger partial charge in [0, 0.05) is 31.6 Å². The quantitative estimate of drug-likeness (QED) is 0.692. The van der Waals surface area contributed by atoms with E-state index >= 15 is 0 Å². The lowest BCUT2D eigenvalue weighted by Gasteiger charge is -2.32. The van der Waals surface area contributed by atoms with Gasteiger partial charge in [0.15, 0.2) is 17.6 Å². The molecule has 2 N–H and O–H groups in total. The summed E-state index contributed by atoms with van der Waals surface area (Å²) in [4.78, 5) is 40.0. The van der Waals surface area contributed by atoms with Crippen LogP contribution < -0.4 is 24.8 Å². The molecule has 2 aliphatic rings. The zero-order valence-electron chi connectivity index (χ0n) is 16.7. The number of carbonyl (C=O) groups excluding carboxylic acids is 3. The Morgan fingerprint density at radius 3 is 2.31 bits per heavy atom. The number of carbonyl (C=O) groups is 3. The molecule has 0 aliphatic carbocycles. The average Bonchev–Trinajstić information content (AvgIpc) is 3.13. The standard InChI is InChI=1S/C19H25N3O7/c1-26-13-7-12(8-14(27-2)17(13)28-3)22-9-11(6-16(22)23)19(25)21-4-5-29-15(10-21)18(20)24/h7-8,11,15H,4-6,9-10H2,1-3H3,(H2,20,24). The molecule has 10 heteroatoms. The van der Waals surface area contributed by atoms with Gasteiger partial charge >= 0.3 is 0 Å². The maximum absolute atomic E-state index is 12.9. The Bertz CT molecular complexity index is 788. The molecule has 29 heavy (non-hydrogen) atoms. The highest BCUT2D eigenvalue weighted by molar-refractivity contribution is 6.01. The largest absolute Gasteiger partial charge is 0.493 e. The summed E-state index contributed by atoms with van der Waals surface area (Å²) >= 11 is 0. The van der Waals surface area contributed by atoms with Crippen LogP contribution in [0.4, 0.5) is 5.69 Å². The molecule has 3 rings (SSSR count).